The van der Waals surface area contributed by atoms with Gasteiger partial charge in [0.1, 0.15) is 11.4 Å². The van der Waals surface area contributed by atoms with Crippen LogP contribution in [0.2, 0.25) is 0 Å². The average Bonchev–Trinajstić information content (AvgIpc) is 3.51. The van der Waals surface area contributed by atoms with Crippen molar-refractivity contribution in [2.45, 2.75) is 13.8 Å². The molecule has 0 radical (unpaired) electrons. The van der Waals surface area contributed by atoms with Gasteiger partial charge in [-0.15, -0.1) is 5.10 Å². The lowest BCUT2D eigenvalue weighted by Crippen LogP contribution is -2.19. The first-order chi connectivity index (χ1) is 17.9. The van der Waals surface area contributed by atoms with Gasteiger partial charge in [-0.3, -0.25) is 9.59 Å². The first-order valence-electron chi connectivity index (χ1n) is 10.9. The van der Waals surface area contributed by atoms with Crippen LogP contribution in [0.4, 0.5) is 5.82 Å². The molecule has 4 rings (SSSR count). The number of hydrogen-bond acceptors (Lipinski definition) is 12. The Hall–Kier alpha value is -5.27. The van der Waals surface area contributed by atoms with E-state index >= 15 is 0 Å². The zero-order chi connectivity index (χ0) is 26.4. The predicted molar refractivity (Wildman–Crippen MR) is 130 cm³/mol. The quantitative estimate of drug-likeness (QED) is 0.147. The van der Waals surface area contributed by atoms with Crippen LogP contribution in [0.3, 0.4) is 0 Å². The minimum absolute atomic E-state index is 0.0341. The van der Waals surface area contributed by atoms with E-state index in [1.807, 2.05) is 6.92 Å². The number of nitrogens with one attached hydrogen (secondary N) is 1. The number of aromatic nitrogens is 5. The number of carbonyl (C=O) groups is 2. The molecule has 14 heteroatoms. The summed E-state index contributed by atoms with van der Waals surface area (Å²) in [5, 5.41) is 19.3. The minimum Gasteiger partial charge on any atom is -0.494 e. The summed E-state index contributed by atoms with van der Waals surface area (Å²) in [6.07, 6.45) is 1.39. The molecule has 0 atom stereocenters. The van der Waals surface area contributed by atoms with E-state index in [1.54, 1.807) is 42.5 Å². The molecular formula is C23H22N8O6. The summed E-state index contributed by atoms with van der Waals surface area (Å²) < 4.78 is 21.7. The van der Waals surface area contributed by atoms with E-state index in [9.17, 15) is 9.59 Å². The molecule has 2 aromatic carbocycles. The third kappa shape index (κ3) is 5.53. The standard InChI is InChI=1S/C23H22N8O6/c1-4-35-16-8-6-15(7-9-16)20-19(26-30-31(20)22-21(24)28-37-29-22)23(33)27-25-12-14-5-10-17(36-13(2)32)18(11-14)34-3/h5-12H,4H2,1-3H3,(H2,24,28)(H,27,33)/b25-12+. The average molecular weight is 506 g/mol. The molecule has 3 N–H and O–H groups in total. The number of esters is 1. The van der Waals surface area contributed by atoms with E-state index in [1.165, 1.54) is 24.9 Å². The largest absolute Gasteiger partial charge is 0.494 e. The van der Waals surface area contributed by atoms with Crippen LogP contribution in [0.1, 0.15) is 29.9 Å². The summed E-state index contributed by atoms with van der Waals surface area (Å²) in [5.41, 5.74) is 9.64. The van der Waals surface area contributed by atoms with Crippen LogP contribution in [0.5, 0.6) is 17.2 Å². The molecule has 0 saturated carbocycles. The number of nitrogens with zero attached hydrogens (tertiary/aromatic N) is 6. The third-order valence-electron chi connectivity index (χ3n) is 4.84. The van der Waals surface area contributed by atoms with E-state index in [0.29, 0.717) is 29.2 Å². The van der Waals surface area contributed by atoms with Gasteiger partial charge in [-0.25, -0.2) is 10.1 Å². The summed E-state index contributed by atoms with van der Waals surface area (Å²) >= 11 is 0. The van der Waals surface area contributed by atoms with E-state index in [-0.39, 0.29) is 28.8 Å². The molecule has 0 spiro atoms. The van der Waals surface area contributed by atoms with Gasteiger partial charge in [0.15, 0.2) is 17.2 Å². The molecule has 0 bridgehead atoms. The third-order valence-corrected chi connectivity index (χ3v) is 4.84. The Kier molecular flexibility index (Phi) is 7.37. The Morgan fingerprint density at radius 1 is 1.16 bits per heavy atom. The molecule has 4 aromatic rings. The lowest BCUT2D eigenvalue weighted by atomic mass is 10.1. The van der Waals surface area contributed by atoms with Crippen LogP contribution in [-0.4, -0.2) is 57.1 Å². The molecule has 2 aromatic heterocycles. The van der Waals surface area contributed by atoms with Gasteiger partial charge < -0.3 is 19.9 Å². The van der Waals surface area contributed by atoms with Gasteiger partial charge in [0.25, 0.3) is 5.91 Å². The highest BCUT2D eigenvalue weighted by Crippen LogP contribution is 2.29. The highest BCUT2D eigenvalue weighted by molar-refractivity contribution is 5.99. The molecule has 0 aliphatic rings. The van der Waals surface area contributed by atoms with Crippen molar-refractivity contribution in [3.63, 3.8) is 0 Å². The molecule has 0 unspecified atom stereocenters. The lowest BCUT2D eigenvalue weighted by Gasteiger charge is -2.08. The van der Waals surface area contributed by atoms with Crippen molar-refractivity contribution < 1.29 is 28.4 Å². The first-order valence-corrected chi connectivity index (χ1v) is 10.9. The van der Waals surface area contributed by atoms with Crippen molar-refractivity contribution in [2.24, 2.45) is 5.10 Å². The van der Waals surface area contributed by atoms with Crippen molar-refractivity contribution in [1.82, 2.24) is 30.7 Å². The fraction of sp³-hybridized carbons (Fsp3) is 0.174. The number of hydrazone groups is 1. The fourth-order valence-corrected chi connectivity index (χ4v) is 3.28. The molecular weight excluding hydrogens is 484 g/mol. The molecule has 0 fully saturated rings. The van der Waals surface area contributed by atoms with Gasteiger partial charge in [0.2, 0.25) is 11.6 Å². The van der Waals surface area contributed by atoms with Crippen LogP contribution >= 0.6 is 0 Å². The topological polar surface area (TPSA) is 182 Å². The number of ether oxygens (including phenoxy) is 3. The van der Waals surface area contributed by atoms with Crippen LogP contribution in [0.15, 0.2) is 52.2 Å². The maximum atomic E-state index is 13.0. The second kappa shape index (κ2) is 11.0. The maximum absolute atomic E-state index is 13.0. The predicted octanol–water partition coefficient (Wildman–Crippen LogP) is 2.00. The molecule has 0 saturated heterocycles. The van der Waals surface area contributed by atoms with Crippen LogP contribution in [-0.2, 0) is 4.79 Å². The minimum atomic E-state index is -0.648. The molecule has 0 aliphatic heterocycles. The number of nitrogen functional groups attached to an aromatic ring is 1. The van der Waals surface area contributed by atoms with E-state index in [0.717, 1.165) is 0 Å². The summed E-state index contributed by atoms with van der Waals surface area (Å²) in [4.78, 5) is 24.3. The van der Waals surface area contributed by atoms with Crippen molar-refractivity contribution in [3.8, 4) is 34.3 Å². The summed E-state index contributed by atoms with van der Waals surface area (Å²) in [5.74, 6) is 0.140. The van der Waals surface area contributed by atoms with E-state index in [2.05, 4.69) is 35.8 Å². The highest BCUT2D eigenvalue weighted by Gasteiger charge is 2.25. The smallest absolute Gasteiger partial charge is 0.308 e. The normalized spacial score (nSPS) is 10.9. The Morgan fingerprint density at radius 3 is 2.59 bits per heavy atom. The number of hydrogen-bond donors (Lipinski definition) is 2. The van der Waals surface area contributed by atoms with Gasteiger partial charge in [0, 0.05) is 12.5 Å². The van der Waals surface area contributed by atoms with Crippen molar-refractivity contribution in [3.05, 3.63) is 53.7 Å². The van der Waals surface area contributed by atoms with E-state index in [4.69, 9.17) is 19.9 Å². The van der Waals surface area contributed by atoms with Crippen LogP contribution < -0.4 is 25.4 Å². The number of benzene rings is 2. The number of nitrogens with two attached hydrogens (primary N) is 1. The van der Waals surface area contributed by atoms with Gasteiger partial charge in [-0.2, -0.15) is 9.78 Å². The number of anilines is 1. The van der Waals surface area contributed by atoms with Crippen molar-refractivity contribution in [2.75, 3.05) is 19.5 Å². The number of rotatable bonds is 9. The highest BCUT2D eigenvalue weighted by atomic mass is 16.6. The second-order valence-corrected chi connectivity index (χ2v) is 7.33. The molecule has 190 valence electrons. The lowest BCUT2D eigenvalue weighted by molar-refractivity contribution is -0.132. The molecule has 37 heavy (non-hydrogen) atoms. The zero-order valence-corrected chi connectivity index (χ0v) is 20.0. The summed E-state index contributed by atoms with van der Waals surface area (Å²) in [6.45, 7) is 3.67. The number of carbonyl (C=O) groups excluding carboxylic acids is 2. The number of methoxy groups -OCH3 is 1. The Bertz CT molecular complexity index is 1440. The Balaban J connectivity index is 1.61. The van der Waals surface area contributed by atoms with Crippen molar-refractivity contribution >= 4 is 23.9 Å². The number of amides is 1. The molecule has 1 amide bonds. The molecule has 2 heterocycles. The van der Waals surface area contributed by atoms with E-state index < -0.39 is 11.9 Å². The van der Waals surface area contributed by atoms with Gasteiger partial charge in [-0.1, -0.05) is 5.21 Å². The Labute approximate surface area is 210 Å². The monoisotopic (exact) mass is 506 g/mol. The SMILES string of the molecule is CCOc1ccc(-c2c(C(=O)N/N=C/c3ccc(OC(C)=O)c(OC)c3)nnn2-c2nonc2N)cc1. The maximum Gasteiger partial charge on any atom is 0.308 e. The second-order valence-electron chi connectivity index (χ2n) is 7.33. The van der Waals surface area contributed by atoms with Crippen LogP contribution in [0.25, 0.3) is 17.1 Å². The van der Waals surface area contributed by atoms with Gasteiger partial charge >= 0.3 is 5.97 Å². The Morgan fingerprint density at radius 2 is 1.95 bits per heavy atom. The van der Waals surface area contributed by atoms with Crippen molar-refractivity contribution in [1.29, 1.82) is 0 Å². The van der Waals surface area contributed by atoms with Gasteiger partial charge in [-0.05, 0) is 65.3 Å². The summed E-state index contributed by atoms with van der Waals surface area (Å²) in [6, 6.07) is 11.7. The molecule has 14 nitrogen and oxygen atoms in total. The van der Waals surface area contributed by atoms with Gasteiger partial charge in [0.05, 0.1) is 19.9 Å². The summed E-state index contributed by atoms with van der Waals surface area (Å²) in [7, 11) is 1.44. The first kappa shape index (κ1) is 24.8. The van der Waals surface area contributed by atoms with Crippen LogP contribution in [0, 0.1) is 0 Å². The zero-order valence-electron chi connectivity index (χ0n) is 20.0. The fourth-order valence-electron chi connectivity index (χ4n) is 3.28. The molecule has 0 aliphatic carbocycles.